The molecule has 2 aliphatic rings. The molecule has 34 heavy (non-hydrogen) atoms. The molecular weight excluding hydrogens is 436 g/mol. The molecule has 0 aromatic heterocycles. The van der Waals surface area contributed by atoms with E-state index >= 15 is 0 Å². The Balaban J connectivity index is 1.30. The van der Waals surface area contributed by atoms with Crippen molar-refractivity contribution < 1.29 is 29.0 Å². The number of fused-ring (bicyclic) bond motifs is 3. The number of carboxylic acid groups (broad SMARTS) is 1. The van der Waals surface area contributed by atoms with Crippen LogP contribution in [0.5, 0.6) is 0 Å². The fourth-order valence-electron chi connectivity index (χ4n) is 4.77. The molecule has 0 unspecified atom stereocenters. The summed E-state index contributed by atoms with van der Waals surface area (Å²) in [6.45, 7) is 2.63. The van der Waals surface area contributed by atoms with Crippen molar-refractivity contribution in [3.63, 3.8) is 0 Å². The number of piperidine rings is 1. The van der Waals surface area contributed by atoms with Crippen LogP contribution in [0.3, 0.4) is 0 Å². The third-order valence-electron chi connectivity index (χ3n) is 6.54. The van der Waals surface area contributed by atoms with Gasteiger partial charge in [-0.3, -0.25) is 4.79 Å². The number of hydrogen-bond donors (Lipinski definition) is 2. The molecule has 1 aliphatic carbocycles. The van der Waals surface area contributed by atoms with Crippen molar-refractivity contribution in [1.29, 1.82) is 0 Å². The lowest BCUT2D eigenvalue weighted by atomic mass is 9.98. The Bertz CT molecular complexity index is 1000. The van der Waals surface area contributed by atoms with E-state index in [0.29, 0.717) is 32.4 Å². The summed E-state index contributed by atoms with van der Waals surface area (Å²) in [6, 6.07) is 15.6. The average Bonchev–Trinajstić information content (AvgIpc) is 3.18. The van der Waals surface area contributed by atoms with Gasteiger partial charge < -0.3 is 24.8 Å². The van der Waals surface area contributed by atoms with Crippen molar-refractivity contribution in [2.45, 2.75) is 44.2 Å². The number of aliphatic carboxylic acids is 1. The van der Waals surface area contributed by atoms with E-state index < -0.39 is 18.1 Å². The molecule has 4 rings (SSSR count). The van der Waals surface area contributed by atoms with Gasteiger partial charge in [-0.05, 0) is 41.5 Å². The van der Waals surface area contributed by atoms with Crippen molar-refractivity contribution in [3.8, 4) is 11.1 Å². The molecule has 2 aromatic carbocycles. The highest BCUT2D eigenvalue weighted by Crippen LogP contribution is 2.44. The molecule has 0 saturated carbocycles. The zero-order valence-electron chi connectivity index (χ0n) is 19.2. The first kappa shape index (κ1) is 23.8. The van der Waals surface area contributed by atoms with Crippen LogP contribution in [0, 0.1) is 0 Å². The Labute approximate surface area is 198 Å². The van der Waals surface area contributed by atoms with Crippen LogP contribution in [-0.4, -0.2) is 66.4 Å². The number of ether oxygens (including phenoxy) is 2. The number of rotatable bonds is 8. The monoisotopic (exact) mass is 466 g/mol. The molecule has 0 spiro atoms. The van der Waals surface area contributed by atoms with E-state index in [1.165, 1.54) is 0 Å². The number of nitrogens with one attached hydrogen (secondary N) is 1. The molecule has 2 aromatic rings. The molecule has 2 amide bonds. The molecule has 8 nitrogen and oxygen atoms in total. The molecule has 1 aliphatic heterocycles. The van der Waals surface area contributed by atoms with E-state index in [9.17, 15) is 14.4 Å². The van der Waals surface area contributed by atoms with E-state index in [0.717, 1.165) is 22.3 Å². The van der Waals surface area contributed by atoms with Crippen LogP contribution in [0.4, 0.5) is 4.79 Å². The van der Waals surface area contributed by atoms with Gasteiger partial charge in [0.25, 0.3) is 0 Å². The Kier molecular flexibility index (Phi) is 7.47. The summed E-state index contributed by atoms with van der Waals surface area (Å²) in [6.07, 6.45) is 0.802. The number of carboxylic acids is 1. The van der Waals surface area contributed by atoms with Crippen LogP contribution in [0.15, 0.2) is 48.5 Å². The quantitative estimate of drug-likeness (QED) is 0.618. The lowest BCUT2D eigenvalue weighted by molar-refractivity contribution is -0.147. The number of hydrogen-bond acceptors (Lipinski definition) is 5. The van der Waals surface area contributed by atoms with E-state index in [4.69, 9.17) is 14.6 Å². The van der Waals surface area contributed by atoms with Crippen molar-refractivity contribution in [1.82, 2.24) is 10.2 Å². The van der Waals surface area contributed by atoms with Crippen LogP contribution >= 0.6 is 0 Å². The first-order valence-corrected chi connectivity index (χ1v) is 11.7. The van der Waals surface area contributed by atoms with Gasteiger partial charge in [-0.1, -0.05) is 55.5 Å². The standard InChI is InChI=1S/C26H30N2O6/c1-2-23(25(31)28-13-11-17(12-14-28)33-16-24(29)30)27-26(32)34-15-22-20-9-5-3-7-18(20)19-8-4-6-10-21(19)22/h3-10,17,22-23H,2,11-16H2,1H3,(H,27,32)(H,29,30)/t23-/m0/s1. The molecule has 1 fully saturated rings. The maximum absolute atomic E-state index is 12.9. The van der Waals surface area contributed by atoms with E-state index in [2.05, 4.69) is 29.6 Å². The molecule has 1 saturated heterocycles. The highest BCUT2D eigenvalue weighted by Gasteiger charge is 2.31. The van der Waals surface area contributed by atoms with Gasteiger partial charge in [-0.2, -0.15) is 0 Å². The molecule has 0 bridgehead atoms. The van der Waals surface area contributed by atoms with Gasteiger partial charge in [0, 0.05) is 19.0 Å². The summed E-state index contributed by atoms with van der Waals surface area (Å²) >= 11 is 0. The Morgan fingerprint density at radius 3 is 2.18 bits per heavy atom. The summed E-state index contributed by atoms with van der Waals surface area (Å²) in [5.74, 6) is -1.21. The summed E-state index contributed by atoms with van der Waals surface area (Å²) in [5.41, 5.74) is 4.58. The lowest BCUT2D eigenvalue weighted by Crippen LogP contribution is -2.51. The van der Waals surface area contributed by atoms with E-state index in [-0.39, 0.29) is 31.1 Å². The molecule has 0 radical (unpaired) electrons. The molecule has 2 N–H and O–H groups in total. The molecule has 1 heterocycles. The van der Waals surface area contributed by atoms with Crippen molar-refractivity contribution in [2.24, 2.45) is 0 Å². The normalized spacial score (nSPS) is 16.4. The molecule has 1 atom stereocenters. The largest absolute Gasteiger partial charge is 0.480 e. The minimum atomic E-state index is -1.00. The number of alkyl carbamates (subject to hydrolysis) is 1. The Hall–Kier alpha value is -3.39. The number of carbonyl (C=O) groups is 3. The van der Waals surface area contributed by atoms with Crippen molar-refractivity contribution in [2.75, 3.05) is 26.3 Å². The fourth-order valence-corrected chi connectivity index (χ4v) is 4.77. The molecule has 180 valence electrons. The minimum Gasteiger partial charge on any atom is -0.480 e. The highest BCUT2D eigenvalue weighted by atomic mass is 16.5. The number of amides is 2. The summed E-state index contributed by atoms with van der Waals surface area (Å²) < 4.78 is 10.9. The molecule has 8 heteroatoms. The Morgan fingerprint density at radius 2 is 1.62 bits per heavy atom. The lowest BCUT2D eigenvalue weighted by Gasteiger charge is -2.33. The average molecular weight is 467 g/mol. The van der Waals surface area contributed by atoms with Crippen LogP contribution in [0.1, 0.15) is 43.2 Å². The molecular formula is C26H30N2O6. The maximum atomic E-state index is 12.9. The van der Waals surface area contributed by atoms with Gasteiger partial charge in [0.15, 0.2) is 0 Å². The number of benzene rings is 2. The first-order chi connectivity index (χ1) is 16.5. The van der Waals surface area contributed by atoms with E-state index in [1.807, 2.05) is 31.2 Å². The Morgan fingerprint density at radius 1 is 1.03 bits per heavy atom. The van der Waals surface area contributed by atoms with Gasteiger partial charge in [0.2, 0.25) is 5.91 Å². The second-order valence-corrected chi connectivity index (χ2v) is 8.66. The van der Waals surface area contributed by atoms with Gasteiger partial charge >= 0.3 is 12.1 Å². The van der Waals surface area contributed by atoms with Crippen LogP contribution in [0.25, 0.3) is 11.1 Å². The van der Waals surface area contributed by atoms with Gasteiger partial charge in [-0.25, -0.2) is 9.59 Å². The van der Waals surface area contributed by atoms with Gasteiger partial charge in [-0.15, -0.1) is 0 Å². The van der Waals surface area contributed by atoms with Gasteiger partial charge in [0.05, 0.1) is 6.10 Å². The minimum absolute atomic E-state index is 0.0428. The van der Waals surface area contributed by atoms with E-state index in [1.54, 1.807) is 4.90 Å². The smallest absolute Gasteiger partial charge is 0.407 e. The maximum Gasteiger partial charge on any atom is 0.407 e. The van der Waals surface area contributed by atoms with Crippen LogP contribution < -0.4 is 5.32 Å². The topological polar surface area (TPSA) is 105 Å². The van der Waals surface area contributed by atoms with Crippen LogP contribution in [-0.2, 0) is 19.1 Å². The predicted octanol–water partition coefficient (Wildman–Crippen LogP) is 3.40. The van der Waals surface area contributed by atoms with Crippen LogP contribution in [0.2, 0.25) is 0 Å². The second-order valence-electron chi connectivity index (χ2n) is 8.66. The third-order valence-corrected chi connectivity index (χ3v) is 6.54. The first-order valence-electron chi connectivity index (χ1n) is 11.7. The number of nitrogens with zero attached hydrogens (tertiary/aromatic N) is 1. The zero-order chi connectivity index (χ0) is 24.1. The highest BCUT2D eigenvalue weighted by molar-refractivity contribution is 5.86. The fraction of sp³-hybridized carbons (Fsp3) is 0.423. The second kappa shape index (κ2) is 10.7. The SMILES string of the molecule is CC[C@H](NC(=O)OCC1c2ccccc2-c2ccccc21)C(=O)N1CCC(OCC(=O)O)CC1. The van der Waals surface area contributed by atoms with Crippen molar-refractivity contribution >= 4 is 18.0 Å². The summed E-state index contributed by atoms with van der Waals surface area (Å²) in [4.78, 5) is 37.9. The zero-order valence-corrected chi connectivity index (χ0v) is 19.2. The third kappa shape index (κ3) is 5.22. The summed E-state index contributed by atoms with van der Waals surface area (Å²) in [5, 5.41) is 11.5. The summed E-state index contributed by atoms with van der Waals surface area (Å²) in [7, 11) is 0. The van der Waals surface area contributed by atoms with Gasteiger partial charge in [0.1, 0.15) is 19.3 Å². The number of carbonyl (C=O) groups excluding carboxylic acids is 2. The number of likely N-dealkylation sites (tertiary alicyclic amines) is 1. The van der Waals surface area contributed by atoms with Crippen molar-refractivity contribution in [3.05, 3.63) is 59.7 Å². The predicted molar refractivity (Wildman–Crippen MR) is 125 cm³/mol.